The molecule has 2 aromatic rings. The molecule has 1 saturated heterocycles. The van der Waals surface area contributed by atoms with Crippen LogP contribution in [0.2, 0.25) is 0 Å². The smallest absolute Gasteiger partial charge is 0.409 e. The van der Waals surface area contributed by atoms with Gasteiger partial charge in [0.2, 0.25) is 0 Å². The predicted molar refractivity (Wildman–Crippen MR) is 123 cm³/mol. The number of amides is 1. The van der Waals surface area contributed by atoms with Crippen LogP contribution in [0.15, 0.2) is 17.1 Å². The Bertz CT molecular complexity index is 1050. The lowest BCUT2D eigenvalue weighted by Crippen LogP contribution is -2.38. The van der Waals surface area contributed by atoms with E-state index in [-0.39, 0.29) is 17.7 Å². The summed E-state index contributed by atoms with van der Waals surface area (Å²) in [5.74, 6) is 1.39. The first kappa shape index (κ1) is 23.5. The summed E-state index contributed by atoms with van der Waals surface area (Å²) in [5, 5.41) is 3.29. The Morgan fingerprint density at radius 3 is 2.62 bits per heavy atom. The minimum absolute atomic E-state index is 0.199. The molecule has 0 aromatic carbocycles. The van der Waals surface area contributed by atoms with Crippen LogP contribution in [0.4, 0.5) is 16.3 Å². The first-order valence-corrected chi connectivity index (χ1v) is 10.6. The Morgan fingerprint density at radius 1 is 1.31 bits per heavy atom. The van der Waals surface area contributed by atoms with Crippen molar-refractivity contribution in [3.63, 3.8) is 0 Å². The van der Waals surface area contributed by atoms with Gasteiger partial charge in [0.05, 0.1) is 31.5 Å². The molecule has 1 amide bonds. The van der Waals surface area contributed by atoms with E-state index in [2.05, 4.69) is 10.3 Å². The van der Waals surface area contributed by atoms with E-state index in [9.17, 15) is 9.59 Å². The number of aryl methyl sites for hydroxylation is 2. The summed E-state index contributed by atoms with van der Waals surface area (Å²) in [6.07, 6.45) is 1.07. The number of nitrogens with one attached hydrogen (secondary N) is 1. The topological polar surface area (TPSA) is 102 Å². The van der Waals surface area contributed by atoms with Gasteiger partial charge in [0.15, 0.2) is 0 Å². The first-order valence-electron chi connectivity index (χ1n) is 10.6. The molecule has 0 spiro atoms. The van der Waals surface area contributed by atoms with E-state index in [4.69, 9.17) is 14.5 Å². The highest BCUT2D eigenvalue weighted by Gasteiger charge is 2.37. The quantitative estimate of drug-likeness (QED) is 0.720. The molecule has 1 N–H and O–H groups in total. The summed E-state index contributed by atoms with van der Waals surface area (Å²) < 4.78 is 12.2. The number of anilines is 2. The number of hydrogen-bond donors (Lipinski definition) is 1. The van der Waals surface area contributed by atoms with E-state index in [1.807, 2.05) is 38.9 Å². The van der Waals surface area contributed by atoms with E-state index in [1.54, 1.807) is 25.1 Å². The molecule has 2 atom stereocenters. The molecule has 0 bridgehead atoms. The van der Waals surface area contributed by atoms with Gasteiger partial charge >= 0.3 is 6.09 Å². The van der Waals surface area contributed by atoms with Gasteiger partial charge in [0, 0.05) is 46.1 Å². The molecule has 1 aliphatic rings. The van der Waals surface area contributed by atoms with E-state index < -0.39 is 6.09 Å². The van der Waals surface area contributed by atoms with Crippen molar-refractivity contribution < 1.29 is 14.3 Å². The molecule has 32 heavy (non-hydrogen) atoms. The molecule has 10 heteroatoms. The number of likely N-dealkylation sites (tertiary alicyclic amines) is 1. The zero-order valence-corrected chi connectivity index (χ0v) is 19.8. The highest BCUT2D eigenvalue weighted by atomic mass is 16.5. The van der Waals surface area contributed by atoms with E-state index >= 15 is 0 Å². The van der Waals surface area contributed by atoms with Crippen LogP contribution in [-0.4, -0.2) is 78.6 Å². The molecule has 0 unspecified atom stereocenters. The van der Waals surface area contributed by atoms with Crippen LogP contribution < -0.4 is 15.8 Å². The molecule has 10 nitrogen and oxygen atoms in total. The van der Waals surface area contributed by atoms with Gasteiger partial charge in [-0.15, -0.1) is 0 Å². The van der Waals surface area contributed by atoms with E-state index in [1.165, 1.54) is 11.7 Å². The average Bonchev–Trinajstić information content (AvgIpc) is 3.16. The maximum Gasteiger partial charge on any atom is 0.409 e. The van der Waals surface area contributed by atoms with Crippen molar-refractivity contribution in [1.29, 1.82) is 0 Å². The number of hydrogen-bond acceptors (Lipinski definition) is 8. The highest BCUT2D eigenvalue weighted by molar-refractivity contribution is 5.68. The molecular formula is C22H32N6O4. The Balaban J connectivity index is 1.94. The Kier molecular flexibility index (Phi) is 7.02. The fourth-order valence-electron chi connectivity index (χ4n) is 3.89. The molecule has 174 valence electrons. The molecule has 1 aliphatic heterocycles. The van der Waals surface area contributed by atoms with Crippen LogP contribution in [0.1, 0.15) is 18.2 Å². The minimum atomic E-state index is -0.416. The maximum absolute atomic E-state index is 13.3. The second kappa shape index (κ2) is 9.56. The normalized spacial score (nSPS) is 18.0. The fourth-order valence-corrected chi connectivity index (χ4v) is 3.89. The minimum Gasteiger partial charge on any atom is -0.453 e. The number of carbonyl (C=O) groups is 1. The standard InChI is InChI=1S/C22H32N6O4/c1-8-32-17-12-28(22(30)31-7)11-16(17)25-19-14(3)24-20(27(6)21(19)29)15-10-23-18(26(4)5)9-13(15)2/h9-10,16-17,25H,8,11-12H2,1-7H3/t16-,17+/m1/s1. The molecule has 1 fully saturated rings. The van der Waals surface area contributed by atoms with Gasteiger partial charge in [-0.2, -0.15) is 0 Å². The van der Waals surface area contributed by atoms with Crippen LogP contribution in [-0.2, 0) is 16.5 Å². The molecule has 2 aromatic heterocycles. The van der Waals surface area contributed by atoms with Gasteiger partial charge in [-0.05, 0) is 32.4 Å². The number of ether oxygens (including phenoxy) is 2. The number of aromatic nitrogens is 3. The van der Waals surface area contributed by atoms with Crippen molar-refractivity contribution in [2.45, 2.75) is 32.9 Å². The summed E-state index contributed by atoms with van der Waals surface area (Å²) in [6, 6.07) is 1.71. The van der Waals surface area contributed by atoms with Crippen LogP contribution in [0.3, 0.4) is 0 Å². The zero-order chi connectivity index (χ0) is 23.6. The van der Waals surface area contributed by atoms with Gasteiger partial charge in [-0.25, -0.2) is 14.8 Å². The summed E-state index contributed by atoms with van der Waals surface area (Å²) >= 11 is 0. The molecule has 0 saturated carbocycles. The summed E-state index contributed by atoms with van der Waals surface area (Å²) in [6.45, 7) is 6.94. The number of rotatable bonds is 6. The lowest BCUT2D eigenvalue weighted by Gasteiger charge is -2.22. The summed E-state index contributed by atoms with van der Waals surface area (Å²) in [4.78, 5) is 38.0. The van der Waals surface area contributed by atoms with Crippen molar-refractivity contribution in [3.8, 4) is 11.4 Å². The summed E-state index contributed by atoms with van der Waals surface area (Å²) in [5.41, 5.74) is 2.55. The second-order valence-electron chi connectivity index (χ2n) is 8.13. The van der Waals surface area contributed by atoms with Gasteiger partial charge in [0.25, 0.3) is 5.56 Å². The molecule has 0 aliphatic carbocycles. The van der Waals surface area contributed by atoms with Gasteiger partial charge in [-0.1, -0.05) is 0 Å². The van der Waals surface area contributed by atoms with Crippen molar-refractivity contribution in [1.82, 2.24) is 19.4 Å². The average molecular weight is 445 g/mol. The zero-order valence-electron chi connectivity index (χ0n) is 19.8. The number of pyridine rings is 1. The molecule has 3 heterocycles. The molecule has 0 radical (unpaired) electrons. The largest absolute Gasteiger partial charge is 0.453 e. The Labute approximate surface area is 188 Å². The third kappa shape index (κ3) is 4.55. The van der Waals surface area contributed by atoms with Gasteiger partial charge < -0.3 is 24.6 Å². The van der Waals surface area contributed by atoms with Gasteiger partial charge in [-0.3, -0.25) is 9.36 Å². The van der Waals surface area contributed by atoms with E-state index in [0.29, 0.717) is 36.9 Å². The van der Waals surface area contributed by atoms with Crippen LogP contribution in [0.5, 0.6) is 0 Å². The van der Waals surface area contributed by atoms with Crippen molar-refractivity contribution in [2.24, 2.45) is 7.05 Å². The lowest BCUT2D eigenvalue weighted by molar-refractivity contribution is 0.0614. The number of carbonyl (C=O) groups excluding carboxylic acids is 1. The third-order valence-corrected chi connectivity index (χ3v) is 5.68. The van der Waals surface area contributed by atoms with Gasteiger partial charge in [0.1, 0.15) is 17.3 Å². The highest BCUT2D eigenvalue weighted by Crippen LogP contribution is 2.25. The van der Waals surface area contributed by atoms with Crippen molar-refractivity contribution >= 4 is 17.6 Å². The maximum atomic E-state index is 13.3. The monoisotopic (exact) mass is 444 g/mol. The lowest BCUT2D eigenvalue weighted by atomic mass is 10.1. The van der Waals surface area contributed by atoms with Crippen LogP contribution >= 0.6 is 0 Å². The fraction of sp³-hybridized carbons (Fsp3) is 0.545. The third-order valence-electron chi connectivity index (χ3n) is 5.68. The first-order chi connectivity index (χ1) is 15.2. The van der Waals surface area contributed by atoms with Crippen molar-refractivity contribution in [3.05, 3.63) is 33.9 Å². The number of methoxy groups -OCH3 is 1. The Morgan fingerprint density at radius 2 is 2.03 bits per heavy atom. The predicted octanol–water partition coefficient (Wildman–Crippen LogP) is 1.79. The number of nitrogens with zero attached hydrogens (tertiary/aromatic N) is 5. The molecule has 3 rings (SSSR count). The van der Waals surface area contributed by atoms with Crippen LogP contribution in [0, 0.1) is 13.8 Å². The van der Waals surface area contributed by atoms with Crippen molar-refractivity contribution in [2.75, 3.05) is 51.1 Å². The second-order valence-corrected chi connectivity index (χ2v) is 8.13. The van der Waals surface area contributed by atoms with Crippen LogP contribution in [0.25, 0.3) is 11.4 Å². The molecular weight excluding hydrogens is 412 g/mol. The Hall–Kier alpha value is -3.14. The van der Waals surface area contributed by atoms with E-state index in [0.717, 1.165) is 16.9 Å². The SMILES string of the molecule is CCO[C@H]1CN(C(=O)OC)C[C@H]1Nc1c(C)nc(-c2cnc(N(C)C)cc2C)n(C)c1=O. The summed E-state index contributed by atoms with van der Waals surface area (Å²) in [7, 11) is 6.91.